The predicted octanol–water partition coefficient (Wildman–Crippen LogP) is 1.06. The van der Waals surface area contributed by atoms with Crippen molar-refractivity contribution in [3.05, 3.63) is 34.9 Å². The molecule has 4 N–H and O–H groups in total. The number of benzene rings is 1. The fraction of sp³-hybridized carbons (Fsp3) is 0.529. The number of hydrogen-bond acceptors (Lipinski definition) is 3. The summed E-state index contributed by atoms with van der Waals surface area (Å²) in [6.45, 7) is 8.38. The molecule has 0 bridgehead atoms. The molecule has 1 aromatic rings. The normalized spacial score (nSPS) is 12.1. The maximum Gasteiger partial charge on any atom is 0.239 e. The molecule has 0 aliphatic heterocycles. The summed E-state index contributed by atoms with van der Waals surface area (Å²) < 4.78 is 0. The topological polar surface area (TPSA) is 84.2 Å². The van der Waals surface area contributed by atoms with E-state index in [0.717, 1.165) is 6.42 Å². The SMILES string of the molecule is Cc1ccc(CCNC(=O)CNC(=O)[C@@H](N)C(C)C)c(C)c1. The molecule has 1 atom stereocenters. The van der Waals surface area contributed by atoms with Crippen LogP contribution in [0.3, 0.4) is 0 Å². The van der Waals surface area contributed by atoms with Gasteiger partial charge in [0.05, 0.1) is 12.6 Å². The Labute approximate surface area is 132 Å². The van der Waals surface area contributed by atoms with E-state index in [1.807, 2.05) is 13.8 Å². The van der Waals surface area contributed by atoms with Gasteiger partial charge in [0.1, 0.15) is 0 Å². The fourth-order valence-corrected chi connectivity index (χ4v) is 2.11. The van der Waals surface area contributed by atoms with Crippen LogP contribution in [0, 0.1) is 19.8 Å². The molecule has 22 heavy (non-hydrogen) atoms. The number of nitrogens with one attached hydrogen (secondary N) is 2. The van der Waals surface area contributed by atoms with E-state index >= 15 is 0 Å². The summed E-state index contributed by atoms with van der Waals surface area (Å²) in [6, 6.07) is 5.70. The summed E-state index contributed by atoms with van der Waals surface area (Å²) in [7, 11) is 0. The third kappa shape index (κ3) is 5.85. The minimum atomic E-state index is -0.581. The number of amides is 2. The van der Waals surface area contributed by atoms with Crippen LogP contribution < -0.4 is 16.4 Å². The third-order valence-electron chi connectivity index (χ3n) is 3.66. The molecular weight excluding hydrogens is 278 g/mol. The maximum atomic E-state index is 11.7. The molecule has 0 saturated carbocycles. The van der Waals surface area contributed by atoms with Gasteiger partial charge in [-0.05, 0) is 37.3 Å². The second-order valence-electron chi connectivity index (χ2n) is 6.02. The van der Waals surface area contributed by atoms with Crippen molar-refractivity contribution in [3.63, 3.8) is 0 Å². The van der Waals surface area contributed by atoms with Crippen molar-refractivity contribution in [2.75, 3.05) is 13.1 Å². The fourth-order valence-electron chi connectivity index (χ4n) is 2.11. The largest absolute Gasteiger partial charge is 0.354 e. The highest BCUT2D eigenvalue weighted by Crippen LogP contribution is 2.10. The van der Waals surface area contributed by atoms with Crippen LogP contribution in [0.4, 0.5) is 0 Å². The Morgan fingerprint density at radius 3 is 2.45 bits per heavy atom. The highest BCUT2D eigenvalue weighted by atomic mass is 16.2. The van der Waals surface area contributed by atoms with E-state index < -0.39 is 6.04 Å². The van der Waals surface area contributed by atoms with Gasteiger partial charge in [-0.2, -0.15) is 0 Å². The molecule has 0 aliphatic carbocycles. The second-order valence-corrected chi connectivity index (χ2v) is 6.02. The van der Waals surface area contributed by atoms with Crippen molar-refractivity contribution < 1.29 is 9.59 Å². The third-order valence-corrected chi connectivity index (χ3v) is 3.66. The predicted molar refractivity (Wildman–Crippen MR) is 88.5 cm³/mol. The number of hydrogen-bond donors (Lipinski definition) is 3. The van der Waals surface area contributed by atoms with Crippen LogP contribution in [-0.4, -0.2) is 30.9 Å². The van der Waals surface area contributed by atoms with E-state index in [0.29, 0.717) is 6.54 Å². The zero-order valence-corrected chi connectivity index (χ0v) is 13.9. The van der Waals surface area contributed by atoms with Gasteiger partial charge in [0.25, 0.3) is 0 Å². The van der Waals surface area contributed by atoms with Gasteiger partial charge in [-0.3, -0.25) is 9.59 Å². The standard InChI is InChI=1S/C17H27N3O2/c1-11(2)16(18)17(22)20-10-15(21)19-8-7-14-6-5-12(3)9-13(14)4/h5-6,9,11,16H,7-8,10,18H2,1-4H3,(H,19,21)(H,20,22)/t16-/m0/s1. The number of carbonyl (C=O) groups is 2. The van der Waals surface area contributed by atoms with Gasteiger partial charge >= 0.3 is 0 Å². The number of nitrogens with two attached hydrogens (primary N) is 1. The number of aryl methyl sites for hydroxylation is 2. The molecule has 122 valence electrons. The van der Waals surface area contributed by atoms with Crippen LogP contribution in [-0.2, 0) is 16.0 Å². The van der Waals surface area contributed by atoms with E-state index in [1.54, 1.807) is 0 Å². The molecule has 0 heterocycles. The molecule has 0 radical (unpaired) electrons. The maximum absolute atomic E-state index is 11.7. The minimum absolute atomic E-state index is 0.0356. The van der Waals surface area contributed by atoms with Gasteiger partial charge in [0.15, 0.2) is 0 Å². The summed E-state index contributed by atoms with van der Waals surface area (Å²) in [4.78, 5) is 23.3. The van der Waals surface area contributed by atoms with Crippen LogP contribution in [0.1, 0.15) is 30.5 Å². The Morgan fingerprint density at radius 1 is 1.18 bits per heavy atom. The molecule has 0 spiro atoms. The van der Waals surface area contributed by atoms with E-state index in [2.05, 4.69) is 42.7 Å². The monoisotopic (exact) mass is 305 g/mol. The van der Waals surface area contributed by atoms with Crippen molar-refractivity contribution in [1.82, 2.24) is 10.6 Å². The lowest BCUT2D eigenvalue weighted by Gasteiger charge is -2.15. The lowest BCUT2D eigenvalue weighted by molar-refractivity contribution is -0.127. The zero-order chi connectivity index (χ0) is 16.7. The quantitative estimate of drug-likeness (QED) is 0.704. The summed E-state index contributed by atoms with van der Waals surface area (Å²) in [6.07, 6.45) is 0.775. The molecule has 1 aromatic carbocycles. The van der Waals surface area contributed by atoms with Gasteiger partial charge in [-0.25, -0.2) is 0 Å². The minimum Gasteiger partial charge on any atom is -0.354 e. The lowest BCUT2D eigenvalue weighted by atomic mass is 10.0. The Morgan fingerprint density at radius 2 is 1.86 bits per heavy atom. The summed E-state index contributed by atoms with van der Waals surface area (Å²) in [5, 5.41) is 5.36. The van der Waals surface area contributed by atoms with E-state index in [9.17, 15) is 9.59 Å². The van der Waals surface area contributed by atoms with Crippen LogP contribution in [0.2, 0.25) is 0 Å². The zero-order valence-electron chi connectivity index (χ0n) is 13.9. The first-order valence-corrected chi connectivity index (χ1v) is 7.67. The van der Waals surface area contributed by atoms with Crippen LogP contribution >= 0.6 is 0 Å². The summed E-state index contributed by atoms with van der Waals surface area (Å²) in [5.41, 5.74) is 9.38. The first-order chi connectivity index (χ1) is 10.3. The molecule has 0 unspecified atom stereocenters. The Kier molecular flexibility index (Phi) is 7.05. The van der Waals surface area contributed by atoms with Crippen LogP contribution in [0.25, 0.3) is 0 Å². The van der Waals surface area contributed by atoms with Gasteiger partial charge < -0.3 is 16.4 Å². The highest BCUT2D eigenvalue weighted by Gasteiger charge is 2.17. The Bertz CT molecular complexity index is 527. The highest BCUT2D eigenvalue weighted by molar-refractivity contribution is 5.87. The van der Waals surface area contributed by atoms with Crippen molar-refractivity contribution >= 4 is 11.8 Å². The van der Waals surface area contributed by atoms with E-state index in [-0.39, 0.29) is 24.3 Å². The number of carbonyl (C=O) groups excluding carboxylic acids is 2. The van der Waals surface area contributed by atoms with Gasteiger partial charge in [-0.15, -0.1) is 0 Å². The average molecular weight is 305 g/mol. The lowest BCUT2D eigenvalue weighted by Crippen LogP contribution is -2.47. The van der Waals surface area contributed by atoms with Gasteiger partial charge in [0, 0.05) is 6.54 Å². The van der Waals surface area contributed by atoms with Crippen LogP contribution in [0.15, 0.2) is 18.2 Å². The molecule has 0 aromatic heterocycles. The van der Waals surface area contributed by atoms with Crippen molar-refractivity contribution in [2.24, 2.45) is 11.7 Å². The van der Waals surface area contributed by atoms with E-state index in [1.165, 1.54) is 16.7 Å². The average Bonchev–Trinajstić information content (AvgIpc) is 2.46. The summed E-state index contributed by atoms with van der Waals surface area (Å²) >= 11 is 0. The molecule has 0 aliphatic rings. The molecule has 2 amide bonds. The van der Waals surface area contributed by atoms with Gasteiger partial charge in [-0.1, -0.05) is 37.6 Å². The smallest absolute Gasteiger partial charge is 0.239 e. The van der Waals surface area contributed by atoms with Crippen molar-refractivity contribution in [1.29, 1.82) is 0 Å². The molecule has 0 saturated heterocycles. The summed E-state index contributed by atoms with van der Waals surface area (Å²) in [5.74, 6) is -0.443. The van der Waals surface area contributed by atoms with Crippen molar-refractivity contribution in [2.45, 2.75) is 40.2 Å². The molecule has 1 rings (SSSR count). The molecular formula is C17H27N3O2. The molecule has 5 nitrogen and oxygen atoms in total. The second kappa shape index (κ2) is 8.54. The first kappa shape index (κ1) is 18.2. The molecule has 5 heteroatoms. The Hall–Kier alpha value is -1.88. The van der Waals surface area contributed by atoms with E-state index in [4.69, 9.17) is 5.73 Å². The first-order valence-electron chi connectivity index (χ1n) is 7.67. The van der Waals surface area contributed by atoms with Crippen LogP contribution in [0.5, 0.6) is 0 Å². The Balaban J connectivity index is 2.30. The number of rotatable bonds is 7. The van der Waals surface area contributed by atoms with Gasteiger partial charge in [0.2, 0.25) is 11.8 Å². The molecule has 0 fully saturated rings. The van der Waals surface area contributed by atoms with Crippen molar-refractivity contribution in [3.8, 4) is 0 Å².